The summed E-state index contributed by atoms with van der Waals surface area (Å²) in [5.41, 5.74) is 0. The standard InChI is InChI=1S/C5H12O5Si.K/c1-5(6)10-11(7-2,8-3)9-4;/h1-4H3;. The topological polar surface area (TPSA) is 54.0 Å². The quantitative estimate of drug-likeness (QED) is 0.599. The van der Waals surface area contributed by atoms with E-state index in [0.717, 1.165) is 0 Å². The Labute approximate surface area is 116 Å². The minimum absolute atomic E-state index is 0. The van der Waals surface area contributed by atoms with Crippen molar-refractivity contribution in [1.82, 2.24) is 0 Å². The fraction of sp³-hybridized carbons (Fsp3) is 0.800. The molecule has 0 heterocycles. The van der Waals surface area contributed by atoms with E-state index in [1.165, 1.54) is 28.3 Å². The van der Waals surface area contributed by atoms with Gasteiger partial charge in [-0.1, -0.05) is 0 Å². The van der Waals surface area contributed by atoms with E-state index in [2.05, 4.69) is 0 Å². The normalized spacial score (nSPS) is 10.3. The first-order valence-electron chi connectivity index (χ1n) is 2.95. The molecule has 0 atom stereocenters. The summed E-state index contributed by atoms with van der Waals surface area (Å²) >= 11 is 0. The molecule has 0 saturated carbocycles. The Bertz CT molecular complexity index is 130. The van der Waals surface area contributed by atoms with Crippen molar-refractivity contribution in [2.45, 2.75) is 6.92 Å². The van der Waals surface area contributed by atoms with Gasteiger partial charge in [0.05, 0.1) is 0 Å². The summed E-state index contributed by atoms with van der Waals surface area (Å²) in [5.74, 6) is -0.484. The minimum Gasteiger partial charge on any atom is -0.452 e. The molecular weight excluding hydrogens is 207 g/mol. The smallest absolute Gasteiger partial charge is 0.452 e. The second kappa shape index (κ2) is 7.59. The molecule has 1 radical (unpaired) electrons. The Morgan fingerprint density at radius 3 is 1.50 bits per heavy atom. The van der Waals surface area contributed by atoms with Gasteiger partial charge in [-0.15, -0.1) is 0 Å². The molecule has 0 aliphatic carbocycles. The van der Waals surface area contributed by atoms with Crippen LogP contribution in [0.1, 0.15) is 6.92 Å². The maximum absolute atomic E-state index is 10.5. The molecule has 0 spiro atoms. The van der Waals surface area contributed by atoms with E-state index in [-0.39, 0.29) is 51.4 Å². The van der Waals surface area contributed by atoms with Crippen molar-refractivity contribution in [3.63, 3.8) is 0 Å². The van der Waals surface area contributed by atoms with Gasteiger partial charge in [0.15, 0.2) is 0 Å². The molecule has 0 aromatic heterocycles. The van der Waals surface area contributed by atoms with E-state index in [4.69, 9.17) is 17.7 Å². The molecule has 0 amide bonds. The number of hydrogen-bond acceptors (Lipinski definition) is 5. The molecule has 0 unspecified atom stereocenters. The molecule has 5 nitrogen and oxygen atoms in total. The van der Waals surface area contributed by atoms with Crippen molar-refractivity contribution in [3.05, 3.63) is 0 Å². The van der Waals surface area contributed by atoms with Crippen LogP contribution < -0.4 is 0 Å². The monoisotopic (exact) mass is 219 g/mol. The van der Waals surface area contributed by atoms with Gasteiger partial charge in [-0.25, -0.2) is 0 Å². The van der Waals surface area contributed by atoms with Gasteiger partial charge >= 0.3 is 9.05 Å². The van der Waals surface area contributed by atoms with Crippen LogP contribution in [0.5, 0.6) is 0 Å². The maximum atomic E-state index is 10.5. The first-order chi connectivity index (χ1) is 5.10. The average Bonchev–Trinajstić information content (AvgIpc) is 2.00. The maximum Gasteiger partial charge on any atom is 0.750 e. The minimum atomic E-state index is -3.13. The van der Waals surface area contributed by atoms with Gasteiger partial charge in [-0.3, -0.25) is 4.79 Å². The van der Waals surface area contributed by atoms with Crippen molar-refractivity contribution >= 4 is 66.4 Å². The Morgan fingerprint density at radius 1 is 1.08 bits per heavy atom. The number of rotatable bonds is 4. The van der Waals surface area contributed by atoms with E-state index < -0.39 is 15.0 Å². The summed E-state index contributed by atoms with van der Waals surface area (Å²) in [5, 5.41) is 0. The van der Waals surface area contributed by atoms with E-state index >= 15 is 0 Å². The van der Waals surface area contributed by atoms with Crippen LogP contribution in [-0.2, 0) is 22.5 Å². The van der Waals surface area contributed by atoms with Crippen LogP contribution in [0.3, 0.4) is 0 Å². The Morgan fingerprint density at radius 2 is 1.42 bits per heavy atom. The summed E-state index contributed by atoms with van der Waals surface area (Å²) in [6.45, 7) is 1.26. The molecule has 0 saturated heterocycles. The molecular formula is C5H12KO5Si. The van der Waals surface area contributed by atoms with Crippen molar-refractivity contribution < 1.29 is 22.5 Å². The molecule has 0 aromatic rings. The van der Waals surface area contributed by atoms with Gasteiger partial charge in [0.1, 0.15) is 0 Å². The van der Waals surface area contributed by atoms with E-state index in [1.807, 2.05) is 0 Å². The third-order valence-corrected chi connectivity index (χ3v) is 3.06. The summed E-state index contributed by atoms with van der Waals surface area (Å²) in [6, 6.07) is 0. The van der Waals surface area contributed by atoms with Crippen LogP contribution in [-0.4, -0.2) is 87.7 Å². The zero-order valence-corrected chi connectivity index (χ0v) is 12.2. The second-order valence-electron chi connectivity index (χ2n) is 1.71. The van der Waals surface area contributed by atoms with Crippen molar-refractivity contribution in [2.24, 2.45) is 0 Å². The summed E-state index contributed by atoms with van der Waals surface area (Å²) < 4.78 is 19.1. The SMILES string of the molecule is CO[Si](OC)(OC)OC(C)=O.[K]. The van der Waals surface area contributed by atoms with Gasteiger partial charge in [-0.05, 0) is 0 Å². The largest absolute Gasteiger partial charge is 0.750 e. The van der Waals surface area contributed by atoms with Crippen LogP contribution in [0.15, 0.2) is 0 Å². The first kappa shape index (κ1) is 15.7. The van der Waals surface area contributed by atoms with Crippen LogP contribution in [0.4, 0.5) is 0 Å². The third kappa shape index (κ3) is 5.05. The molecule has 0 N–H and O–H groups in total. The van der Waals surface area contributed by atoms with Crippen LogP contribution in [0, 0.1) is 0 Å². The number of carbonyl (C=O) groups excluding carboxylic acids is 1. The summed E-state index contributed by atoms with van der Waals surface area (Å²) in [7, 11) is 0.960. The van der Waals surface area contributed by atoms with E-state index in [9.17, 15) is 4.79 Å². The fourth-order valence-corrected chi connectivity index (χ4v) is 1.65. The predicted octanol–water partition coefficient (Wildman–Crippen LogP) is -0.457. The molecule has 67 valence electrons. The summed E-state index contributed by atoms with van der Waals surface area (Å²) in [6.07, 6.45) is 0. The van der Waals surface area contributed by atoms with Crippen LogP contribution in [0.2, 0.25) is 0 Å². The van der Waals surface area contributed by atoms with Crippen molar-refractivity contribution in [3.8, 4) is 0 Å². The Balaban J connectivity index is 0. The van der Waals surface area contributed by atoms with Gasteiger partial charge < -0.3 is 17.7 Å². The molecule has 7 heteroatoms. The van der Waals surface area contributed by atoms with Crippen molar-refractivity contribution in [1.29, 1.82) is 0 Å². The van der Waals surface area contributed by atoms with Crippen LogP contribution >= 0.6 is 0 Å². The molecule has 0 aromatic carbocycles. The van der Waals surface area contributed by atoms with E-state index in [0.29, 0.717) is 0 Å². The van der Waals surface area contributed by atoms with Gasteiger partial charge in [0.2, 0.25) is 0 Å². The van der Waals surface area contributed by atoms with Gasteiger partial charge in [0.25, 0.3) is 5.97 Å². The number of carbonyl (C=O) groups is 1. The molecule has 0 aliphatic heterocycles. The molecule has 0 fully saturated rings. The molecule has 12 heavy (non-hydrogen) atoms. The second-order valence-corrected chi connectivity index (χ2v) is 4.13. The van der Waals surface area contributed by atoms with Gasteiger partial charge in [0, 0.05) is 79.6 Å². The van der Waals surface area contributed by atoms with Crippen LogP contribution in [0.25, 0.3) is 0 Å². The number of hydrogen-bond donors (Lipinski definition) is 0. The first-order valence-corrected chi connectivity index (χ1v) is 4.58. The molecule has 0 aliphatic rings. The van der Waals surface area contributed by atoms with Gasteiger partial charge in [-0.2, -0.15) is 0 Å². The molecule has 0 bridgehead atoms. The summed E-state index contributed by atoms with van der Waals surface area (Å²) in [4.78, 5) is 10.5. The Hall–Kier alpha value is 1.20. The fourth-order valence-electron chi connectivity index (χ4n) is 0.551. The average molecular weight is 219 g/mol. The zero-order valence-electron chi connectivity index (χ0n) is 8.04. The third-order valence-electron chi connectivity index (χ3n) is 1.02. The Kier molecular flexibility index (Phi) is 9.91. The molecule has 0 rings (SSSR count). The predicted molar refractivity (Wildman–Crippen MR) is 44.3 cm³/mol. The zero-order chi connectivity index (χ0) is 8.91. The van der Waals surface area contributed by atoms with E-state index in [1.54, 1.807) is 0 Å². The van der Waals surface area contributed by atoms with Crippen molar-refractivity contribution in [2.75, 3.05) is 21.3 Å².